The molecule has 1 N–H and O–H groups in total. The van der Waals surface area contributed by atoms with Gasteiger partial charge in [0.05, 0.1) is 29.6 Å². The standard InChI is InChI=1S/C18H17N5O/c19-11-13-1-3-14(4-2-13)16-12-21-18-17(20-7-10-23(16)18)22-8-5-15(24)6-9-22/h1-4,7,10,12,15,24H,5-6,8-9H2. The van der Waals surface area contributed by atoms with E-state index in [-0.39, 0.29) is 6.10 Å². The number of hydrogen-bond donors (Lipinski definition) is 1. The summed E-state index contributed by atoms with van der Waals surface area (Å²) in [5.74, 6) is 0.851. The molecule has 1 saturated heterocycles. The van der Waals surface area contributed by atoms with Crippen molar-refractivity contribution in [2.24, 2.45) is 0 Å². The first-order valence-corrected chi connectivity index (χ1v) is 8.02. The molecule has 3 heterocycles. The second-order valence-electron chi connectivity index (χ2n) is 6.00. The molecule has 1 aliphatic rings. The molecule has 0 spiro atoms. The number of imidazole rings is 1. The Kier molecular flexibility index (Phi) is 3.63. The Hall–Kier alpha value is -2.91. The van der Waals surface area contributed by atoms with Gasteiger partial charge >= 0.3 is 0 Å². The molecule has 24 heavy (non-hydrogen) atoms. The number of aromatic nitrogens is 3. The molecule has 0 aliphatic carbocycles. The van der Waals surface area contributed by atoms with E-state index in [1.165, 1.54) is 0 Å². The number of anilines is 1. The van der Waals surface area contributed by atoms with Crippen molar-refractivity contribution in [2.75, 3.05) is 18.0 Å². The summed E-state index contributed by atoms with van der Waals surface area (Å²) in [5.41, 5.74) is 3.43. The Bertz CT molecular complexity index is 901. The van der Waals surface area contributed by atoms with Crippen LogP contribution >= 0.6 is 0 Å². The molecule has 0 atom stereocenters. The van der Waals surface area contributed by atoms with Crippen LogP contribution in [0.15, 0.2) is 42.9 Å². The number of piperidine rings is 1. The molecular formula is C18H17N5O. The van der Waals surface area contributed by atoms with Crippen LogP contribution in [0.2, 0.25) is 0 Å². The smallest absolute Gasteiger partial charge is 0.180 e. The monoisotopic (exact) mass is 319 g/mol. The average molecular weight is 319 g/mol. The number of nitrogens with zero attached hydrogens (tertiary/aromatic N) is 5. The van der Waals surface area contributed by atoms with Gasteiger partial charge in [-0.1, -0.05) is 12.1 Å². The molecule has 3 aromatic rings. The Balaban J connectivity index is 1.74. The molecule has 1 aliphatic heterocycles. The normalized spacial score (nSPS) is 15.6. The van der Waals surface area contributed by atoms with Crippen LogP contribution in [0.4, 0.5) is 5.82 Å². The summed E-state index contributed by atoms with van der Waals surface area (Å²) in [5, 5.41) is 18.6. The third-order valence-electron chi connectivity index (χ3n) is 4.48. The van der Waals surface area contributed by atoms with E-state index in [0.29, 0.717) is 5.56 Å². The molecule has 4 rings (SSSR count). The lowest BCUT2D eigenvalue weighted by Crippen LogP contribution is -2.36. The van der Waals surface area contributed by atoms with Crippen molar-refractivity contribution in [2.45, 2.75) is 18.9 Å². The first-order valence-electron chi connectivity index (χ1n) is 8.02. The van der Waals surface area contributed by atoms with Crippen LogP contribution < -0.4 is 4.90 Å². The highest BCUT2D eigenvalue weighted by Crippen LogP contribution is 2.27. The minimum atomic E-state index is -0.213. The lowest BCUT2D eigenvalue weighted by atomic mass is 10.1. The fraction of sp³-hybridized carbons (Fsp3) is 0.278. The highest BCUT2D eigenvalue weighted by atomic mass is 16.3. The molecule has 2 aromatic heterocycles. The minimum absolute atomic E-state index is 0.213. The first-order chi connectivity index (χ1) is 11.8. The van der Waals surface area contributed by atoms with Crippen molar-refractivity contribution in [1.82, 2.24) is 14.4 Å². The van der Waals surface area contributed by atoms with Crippen LogP contribution in [0, 0.1) is 11.3 Å². The van der Waals surface area contributed by atoms with Gasteiger partial charge in [0, 0.05) is 31.0 Å². The Morgan fingerprint density at radius 3 is 2.58 bits per heavy atom. The second-order valence-corrected chi connectivity index (χ2v) is 6.00. The molecule has 0 radical (unpaired) electrons. The van der Waals surface area contributed by atoms with Gasteiger partial charge in [0.1, 0.15) is 0 Å². The number of benzene rings is 1. The van der Waals surface area contributed by atoms with E-state index in [4.69, 9.17) is 5.26 Å². The van der Waals surface area contributed by atoms with Crippen LogP contribution in [-0.4, -0.2) is 38.7 Å². The topological polar surface area (TPSA) is 77.5 Å². The van der Waals surface area contributed by atoms with Crippen molar-refractivity contribution < 1.29 is 5.11 Å². The summed E-state index contributed by atoms with van der Waals surface area (Å²) < 4.78 is 2.02. The van der Waals surface area contributed by atoms with Gasteiger partial charge in [0.15, 0.2) is 11.5 Å². The van der Waals surface area contributed by atoms with Gasteiger partial charge in [-0.25, -0.2) is 9.97 Å². The SMILES string of the molecule is N#Cc1ccc(-c2cnc3c(N4CCC(O)CC4)nccn23)cc1. The number of aliphatic hydroxyl groups is 1. The molecule has 120 valence electrons. The molecule has 0 bridgehead atoms. The van der Waals surface area contributed by atoms with Gasteiger partial charge in [-0.3, -0.25) is 4.40 Å². The highest BCUT2D eigenvalue weighted by molar-refractivity contribution is 5.71. The Morgan fingerprint density at radius 1 is 1.12 bits per heavy atom. The Labute approximate surface area is 139 Å². The van der Waals surface area contributed by atoms with Crippen LogP contribution in [0.25, 0.3) is 16.9 Å². The molecule has 0 amide bonds. The average Bonchev–Trinajstić information content (AvgIpc) is 3.07. The zero-order chi connectivity index (χ0) is 16.5. The predicted octanol–water partition coefficient (Wildman–Crippen LogP) is 2.23. The molecular weight excluding hydrogens is 302 g/mol. The molecule has 0 saturated carbocycles. The number of hydrogen-bond acceptors (Lipinski definition) is 5. The lowest BCUT2D eigenvalue weighted by Gasteiger charge is -2.30. The van der Waals surface area contributed by atoms with Gasteiger partial charge in [-0.2, -0.15) is 5.26 Å². The number of nitriles is 1. The van der Waals surface area contributed by atoms with Crippen molar-refractivity contribution in [3.8, 4) is 17.3 Å². The van der Waals surface area contributed by atoms with E-state index in [1.807, 2.05) is 41.1 Å². The number of aliphatic hydroxyl groups excluding tert-OH is 1. The van der Waals surface area contributed by atoms with Crippen molar-refractivity contribution in [1.29, 1.82) is 5.26 Å². The van der Waals surface area contributed by atoms with E-state index < -0.39 is 0 Å². The summed E-state index contributed by atoms with van der Waals surface area (Å²) in [4.78, 5) is 11.2. The van der Waals surface area contributed by atoms with Crippen molar-refractivity contribution >= 4 is 11.5 Å². The zero-order valence-electron chi connectivity index (χ0n) is 13.1. The summed E-state index contributed by atoms with van der Waals surface area (Å²) in [7, 11) is 0. The second kappa shape index (κ2) is 5.95. The third-order valence-corrected chi connectivity index (χ3v) is 4.48. The van der Waals surface area contributed by atoms with E-state index in [9.17, 15) is 5.11 Å². The largest absolute Gasteiger partial charge is 0.393 e. The third kappa shape index (κ3) is 2.49. The van der Waals surface area contributed by atoms with Crippen molar-refractivity contribution in [3.05, 3.63) is 48.4 Å². The molecule has 0 unspecified atom stereocenters. The quantitative estimate of drug-likeness (QED) is 0.784. The van der Waals surface area contributed by atoms with Crippen LogP contribution in [-0.2, 0) is 0 Å². The van der Waals surface area contributed by atoms with E-state index in [0.717, 1.165) is 48.7 Å². The number of rotatable bonds is 2. The maximum absolute atomic E-state index is 9.69. The van der Waals surface area contributed by atoms with E-state index >= 15 is 0 Å². The van der Waals surface area contributed by atoms with Crippen LogP contribution in [0.5, 0.6) is 0 Å². The van der Waals surface area contributed by atoms with Gasteiger partial charge < -0.3 is 10.0 Å². The minimum Gasteiger partial charge on any atom is -0.393 e. The first kappa shape index (κ1) is 14.7. The van der Waals surface area contributed by atoms with Gasteiger partial charge in [0.2, 0.25) is 0 Å². The fourth-order valence-electron chi connectivity index (χ4n) is 3.14. The number of fused-ring (bicyclic) bond motifs is 1. The molecule has 1 fully saturated rings. The van der Waals surface area contributed by atoms with Gasteiger partial charge in [0.25, 0.3) is 0 Å². The summed E-state index contributed by atoms with van der Waals surface area (Å²) >= 11 is 0. The van der Waals surface area contributed by atoms with Gasteiger partial charge in [-0.15, -0.1) is 0 Å². The molecule has 6 heteroatoms. The van der Waals surface area contributed by atoms with E-state index in [1.54, 1.807) is 6.20 Å². The molecule has 1 aromatic carbocycles. The maximum Gasteiger partial charge on any atom is 0.180 e. The summed E-state index contributed by atoms with van der Waals surface area (Å²) in [6, 6.07) is 9.61. The highest BCUT2D eigenvalue weighted by Gasteiger charge is 2.21. The predicted molar refractivity (Wildman–Crippen MR) is 90.6 cm³/mol. The summed E-state index contributed by atoms with van der Waals surface area (Å²) in [6.45, 7) is 1.57. The van der Waals surface area contributed by atoms with Crippen LogP contribution in [0.1, 0.15) is 18.4 Å². The zero-order valence-corrected chi connectivity index (χ0v) is 13.1. The van der Waals surface area contributed by atoms with E-state index in [2.05, 4.69) is 20.9 Å². The maximum atomic E-state index is 9.69. The lowest BCUT2D eigenvalue weighted by molar-refractivity contribution is 0.145. The van der Waals surface area contributed by atoms with Crippen LogP contribution in [0.3, 0.4) is 0 Å². The van der Waals surface area contributed by atoms with Crippen molar-refractivity contribution in [3.63, 3.8) is 0 Å². The summed E-state index contributed by atoms with van der Waals surface area (Å²) in [6.07, 6.45) is 6.81. The Morgan fingerprint density at radius 2 is 1.88 bits per heavy atom. The molecule has 6 nitrogen and oxygen atoms in total. The van der Waals surface area contributed by atoms with Gasteiger partial charge in [-0.05, 0) is 25.0 Å². The fourth-order valence-corrected chi connectivity index (χ4v) is 3.14.